The molecule has 0 unspecified atom stereocenters. The molecule has 3 nitrogen and oxygen atoms in total. The average molecular weight is 527 g/mol. The van der Waals surface area contributed by atoms with E-state index in [1.165, 1.54) is 17.2 Å². The highest BCUT2D eigenvalue weighted by Crippen LogP contribution is 2.36. The van der Waals surface area contributed by atoms with E-state index in [0.717, 1.165) is 36.2 Å². The van der Waals surface area contributed by atoms with Gasteiger partial charge in [-0.1, -0.05) is 63.4 Å². The molecule has 0 aliphatic carbocycles. The summed E-state index contributed by atoms with van der Waals surface area (Å²) in [6.45, 7) is 2.89. The maximum Gasteiger partial charge on any atom is 0.160 e. The lowest BCUT2D eigenvalue weighted by atomic mass is 10.1. The van der Waals surface area contributed by atoms with Crippen LogP contribution in [0.25, 0.3) is 17.0 Å². The van der Waals surface area contributed by atoms with Crippen LogP contribution in [0.5, 0.6) is 5.75 Å². The highest BCUT2D eigenvalue weighted by atomic mass is 79.9. The lowest BCUT2D eigenvalue weighted by Crippen LogP contribution is -2.27. The van der Waals surface area contributed by atoms with Crippen molar-refractivity contribution < 1.29 is 5.11 Å². The summed E-state index contributed by atoms with van der Waals surface area (Å²) in [5.74, 6) is -0.0400. The number of phenols is 1. The van der Waals surface area contributed by atoms with Crippen molar-refractivity contribution in [3.8, 4) is 5.75 Å². The van der Waals surface area contributed by atoms with Gasteiger partial charge in [-0.15, -0.1) is 12.4 Å². The number of hydrogen-bond acceptors (Lipinski definition) is 3. The summed E-state index contributed by atoms with van der Waals surface area (Å²) < 4.78 is 1.10. The van der Waals surface area contributed by atoms with E-state index in [-0.39, 0.29) is 23.2 Å². The van der Waals surface area contributed by atoms with E-state index in [2.05, 4.69) is 62.2 Å². The van der Waals surface area contributed by atoms with Gasteiger partial charge >= 0.3 is 0 Å². The third-order valence-corrected chi connectivity index (χ3v) is 6.12. The van der Waals surface area contributed by atoms with Gasteiger partial charge < -0.3 is 5.11 Å². The fourth-order valence-corrected chi connectivity index (χ4v) is 4.15. The van der Waals surface area contributed by atoms with Crippen LogP contribution < -0.4 is 0 Å². The van der Waals surface area contributed by atoms with Crippen LogP contribution in [0.15, 0.2) is 64.7 Å². The molecule has 1 aliphatic rings. The van der Waals surface area contributed by atoms with Gasteiger partial charge in [0.05, 0.1) is 15.7 Å². The smallest absolute Gasteiger partial charge is 0.160 e. The molecule has 0 atom stereocenters. The van der Waals surface area contributed by atoms with Gasteiger partial charge in [-0.05, 0) is 54.0 Å². The molecule has 0 fully saturated rings. The maximum atomic E-state index is 10.2. The average Bonchev–Trinajstić information content (AvgIpc) is 2.73. The molecule has 0 amide bonds. The van der Waals surface area contributed by atoms with Crippen LogP contribution >= 0.6 is 51.5 Å². The molecule has 0 saturated heterocycles. The first-order valence-electron chi connectivity index (χ1n) is 9.31. The Bertz CT molecular complexity index is 1110. The number of aromatic nitrogens is 1. The van der Waals surface area contributed by atoms with E-state index in [1.807, 2.05) is 18.2 Å². The Balaban J connectivity index is 0.00000256. The topological polar surface area (TPSA) is 36.4 Å². The van der Waals surface area contributed by atoms with Crippen molar-refractivity contribution in [1.82, 2.24) is 9.88 Å². The molecule has 0 spiro atoms. The molecule has 1 N–H and O–H groups in total. The SMILES string of the molecule is Cl.Oc1c(Cl)cc(Cl)c2ccc(/C=C/C3=CCN(Cc4ccc(Br)cc4)CC3)nc12. The number of aromatic hydroxyl groups is 1. The molecule has 2 heterocycles. The van der Waals surface area contributed by atoms with E-state index in [1.54, 1.807) is 0 Å². The van der Waals surface area contributed by atoms with Crippen LogP contribution in [0.2, 0.25) is 10.0 Å². The predicted octanol–water partition coefficient (Wildman–Crippen LogP) is 7.28. The van der Waals surface area contributed by atoms with Crippen molar-refractivity contribution in [1.29, 1.82) is 0 Å². The van der Waals surface area contributed by atoms with Gasteiger partial charge in [-0.2, -0.15) is 0 Å². The van der Waals surface area contributed by atoms with Crippen LogP contribution in [0.1, 0.15) is 17.7 Å². The molecule has 0 radical (unpaired) electrons. The Hall–Kier alpha value is -1.56. The van der Waals surface area contributed by atoms with Crippen LogP contribution in [-0.2, 0) is 6.54 Å². The lowest BCUT2D eigenvalue weighted by molar-refractivity contribution is 0.287. The van der Waals surface area contributed by atoms with Crippen LogP contribution in [0, 0.1) is 0 Å². The normalized spacial score (nSPS) is 14.7. The van der Waals surface area contributed by atoms with E-state index in [9.17, 15) is 5.11 Å². The van der Waals surface area contributed by atoms with Crippen LogP contribution in [-0.4, -0.2) is 28.1 Å². The molecule has 4 rings (SSSR count). The maximum absolute atomic E-state index is 10.2. The van der Waals surface area contributed by atoms with Crippen molar-refractivity contribution >= 4 is 68.5 Å². The van der Waals surface area contributed by atoms with Gasteiger partial charge in [0.25, 0.3) is 0 Å². The summed E-state index contributed by atoms with van der Waals surface area (Å²) in [6, 6.07) is 13.8. The third kappa shape index (κ3) is 5.37. The number of fused-ring (bicyclic) bond motifs is 1. The second kappa shape index (κ2) is 10.2. The van der Waals surface area contributed by atoms with Crippen molar-refractivity contribution in [3.05, 3.63) is 86.0 Å². The summed E-state index contributed by atoms with van der Waals surface area (Å²) in [4.78, 5) is 6.94. The first kappa shape index (κ1) is 23.1. The Labute approximate surface area is 200 Å². The molecule has 7 heteroatoms. The second-order valence-electron chi connectivity index (χ2n) is 7.05. The van der Waals surface area contributed by atoms with Gasteiger partial charge in [-0.3, -0.25) is 4.90 Å². The van der Waals surface area contributed by atoms with Gasteiger partial charge in [0.15, 0.2) is 5.75 Å². The van der Waals surface area contributed by atoms with Crippen molar-refractivity contribution in [2.45, 2.75) is 13.0 Å². The predicted molar refractivity (Wildman–Crippen MR) is 132 cm³/mol. The minimum absolute atomic E-state index is 0. The summed E-state index contributed by atoms with van der Waals surface area (Å²) in [5.41, 5.74) is 3.78. The standard InChI is InChI=1S/C23H19BrCl2N2O.ClH/c24-17-4-1-16(2-5-17)14-28-11-9-15(10-12-28)3-6-18-7-8-19-20(25)13-21(26)23(29)22(19)27-18;/h1-9,13,29H,10-12,14H2;1H/b6-3+;. The molecular weight excluding hydrogens is 507 g/mol. The minimum atomic E-state index is -0.0400. The number of halogens is 4. The Kier molecular flexibility index (Phi) is 7.83. The molecule has 30 heavy (non-hydrogen) atoms. The first-order valence-corrected chi connectivity index (χ1v) is 10.9. The van der Waals surface area contributed by atoms with Gasteiger partial charge in [0.2, 0.25) is 0 Å². The number of pyridine rings is 1. The highest BCUT2D eigenvalue weighted by Gasteiger charge is 2.12. The number of allylic oxidation sites excluding steroid dienone is 1. The van der Waals surface area contributed by atoms with E-state index >= 15 is 0 Å². The summed E-state index contributed by atoms with van der Waals surface area (Å²) in [6.07, 6.45) is 7.30. The molecule has 156 valence electrons. The summed E-state index contributed by atoms with van der Waals surface area (Å²) in [5, 5.41) is 11.6. The highest BCUT2D eigenvalue weighted by molar-refractivity contribution is 9.10. The zero-order valence-corrected chi connectivity index (χ0v) is 19.9. The quantitative estimate of drug-likeness (QED) is 0.388. The molecule has 1 aliphatic heterocycles. The molecule has 3 aromatic rings. The van der Waals surface area contributed by atoms with Gasteiger partial charge in [0, 0.05) is 29.5 Å². The number of hydrogen-bond donors (Lipinski definition) is 1. The van der Waals surface area contributed by atoms with E-state index in [0.29, 0.717) is 15.9 Å². The van der Waals surface area contributed by atoms with Crippen molar-refractivity contribution in [2.24, 2.45) is 0 Å². The van der Waals surface area contributed by atoms with Crippen LogP contribution in [0.3, 0.4) is 0 Å². The molecule has 2 aromatic carbocycles. The Morgan fingerprint density at radius 1 is 1.07 bits per heavy atom. The Morgan fingerprint density at radius 2 is 1.83 bits per heavy atom. The zero-order valence-electron chi connectivity index (χ0n) is 16.0. The fraction of sp³-hybridized carbons (Fsp3) is 0.174. The molecular formula is C23H20BrCl3N2O. The van der Waals surface area contributed by atoms with E-state index in [4.69, 9.17) is 23.2 Å². The zero-order chi connectivity index (χ0) is 20.4. The molecule has 0 bridgehead atoms. The lowest BCUT2D eigenvalue weighted by Gasteiger charge is -2.25. The minimum Gasteiger partial charge on any atom is -0.504 e. The fourth-order valence-electron chi connectivity index (χ4n) is 3.37. The number of rotatable bonds is 4. The Morgan fingerprint density at radius 3 is 2.53 bits per heavy atom. The van der Waals surface area contributed by atoms with Crippen molar-refractivity contribution in [2.75, 3.05) is 13.1 Å². The molecule has 1 aromatic heterocycles. The van der Waals surface area contributed by atoms with E-state index < -0.39 is 0 Å². The number of phenolic OH excluding ortho intramolecular Hbond substituents is 1. The molecule has 0 saturated carbocycles. The van der Waals surface area contributed by atoms with Crippen LogP contribution in [0.4, 0.5) is 0 Å². The van der Waals surface area contributed by atoms with Gasteiger partial charge in [-0.25, -0.2) is 4.98 Å². The summed E-state index contributed by atoms with van der Waals surface area (Å²) in [7, 11) is 0. The largest absolute Gasteiger partial charge is 0.504 e. The number of benzene rings is 2. The third-order valence-electron chi connectivity index (χ3n) is 4.99. The number of nitrogens with zero attached hydrogens (tertiary/aromatic N) is 2. The second-order valence-corrected chi connectivity index (χ2v) is 8.78. The first-order chi connectivity index (χ1) is 14.0. The monoisotopic (exact) mass is 524 g/mol. The summed E-state index contributed by atoms with van der Waals surface area (Å²) >= 11 is 15.7. The van der Waals surface area contributed by atoms with Gasteiger partial charge in [0.1, 0.15) is 5.52 Å². The van der Waals surface area contributed by atoms with Crippen molar-refractivity contribution in [3.63, 3.8) is 0 Å².